The number of thiophene rings is 1. The zero-order chi connectivity index (χ0) is 7.40. The quantitative estimate of drug-likeness (QED) is 0.625. The molecule has 0 aliphatic heterocycles. The maximum atomic E-state index is 2.23. The van der Waals surface area contributed by atoms with E-state index in [9.17, 15) is 0 Å². The molecule has 1 radical (unpaired) electrons. The summed E-state index contributed by atoms with van der Waals surface area (Å²) in [6.45, 7) is 4.37. The zero-order valence-corrected chi connectivity index (χ0v) is 7.37. The maximum absolute atomic E-state index is 2.23. The number of hydrogen-bond acceptors (Lipinski definition) is 1. The Morgan fingerprint density at radius 3 is 2.80 bits per heavy atom. The second-order valence-electron chi connectivity index (χ2n) is 2.84. The molecule has 1 aromatic heterocycles. The smallest absolute Gasteiger partial charge is 0.00613 e. The normalized spacial score (nSPS) is 10.7. The van der Waals surface area contributed by atoms with Gasteiger partial charge in [0.25, 0.3) is 0 Å². The van der Waals surface area contributed by atoms with Crippen LogP contribution in [0, 0.1) is 5.92 Å². The van der Waals surface area contributed by atoms with Crippen LogP contribution in [0.25, 0.3) is 0 Å². The summed E-state index contributed by atoms with van der Waals surface area (Å²) in [6, 6.07) is 2.20. The molecule has 0 unspecified atom stereocenters. The Bertz CT molecular complexity index is 163. The highest BCUT2D eigenvalue weighted by Crippen LogP contribution is 2.12. The molecule has 0 spiro atoms. The van der Waals surface area contributed by atoms with Gasteiger partial charge in [-0.25, -0.2) is 0 Å². The Kier molecular flexibility index (Phi) is 2.94. The Morgan fingerprint density at radius 1 is 1.50 bits per heavy atom. The van der Waals surface area contributed by atoms with Crippen LogP contribution in [0.2, 0.25) is 0 Å². The molecule has 0 bridgehead atoms. The first-order valence-corrected chi connectivity index (χ1v) is 4.53. The third-order valence-electron chi connectivity index (χ3n) is 1.49. The van der Waals surface area contributed by atoms with Gasteiger partial charge in [-0.05, 0) is 41.1 Å². The van der Waals surface area contributed by atoms with E-state index >= 15 is 0 Å². The molecule has 0 aromatic carbocycles. The van der Waals surface area contributed by atoms with E-state index < -0.39 is 0 Å². The number of hydrogen-bond donors (Lipinski definition) is 0. The Morgan fingerprint density at radius 2 is 2.30 bits per heavy atom. The molecule has 0 fully saturated rings. The van der Waals surface area contributed by atoms with Gasteiger partial charge in [0.05, 0.1) is 0 Å². The van der Waals surface area contributed by atoms with Crippen LogP contribution in [0.15, 0.2) is 16.8 Å². The van der Waals surface area contributed by atoms with Gasteiger partial charge >= 0.3 is 0 Å². The summed E-state index contributed by atoms with van der Waals surface area (Å²) in [5.41, 5.74) is 1.48. The van der Waals surface area contributed by atoms with Crippen LogP contribution in [0.5, 0.6) is 0 Å². The van der Waals surface area contributed by atoms with Crippen LogP contribution in [0.4, 0.5) is 0 Å². The molecule has 1 rings (SSSR count). The summed E-state index contributed by atoms with van der Waals surface area (Å²) in [5.74, 6) is 1.52. The summed E-state index contributed by atoms with van der Waals surface area (Å²) in [7, 11) is 0. The Balaban J connectivity index is 2.28. The lowest BCUT2D eigenvalue weighted by molar-refractivity contribution is 0.833. The molecule has 0 aliphatic carbocycles. The van der Waals surface area contributed by atoms with Gasteiger partial charge in [-0.1, -0.05) is 13.8 Å². The molecule has 0 aliphatic rings. The van der Waals surface area contributed by atoms with Gasteiger partial charge in [-0.2, -0.15) is 11.3 Å². The lowest BCUT2D eigenvalue weighted by Gasteiger charge is -2.00. The first-order chi connectivity index (χ1) is 4.79. The first kappa shape index (κ1) is 7.80. The van der Waals surface area contributed by atoms with Gasteiger partial charge < -0.3 is 0 Å². The average Bonchev–Trinajstić information content (AvgIpc) is 2.34. The molecule has 1 heterocycles. The van der Waals surface area contributed by atoms with Crippen molar-refractivity contribution in [2.75, 3.05) is 0 Å². The molecular weight excluding hydrogens is 140 g/mol. The summed E-state index contributed by atoms with van der Waals surface area (Å²) >= 11 is 1.78. The molecule has 1 heteroatoms. The number of aryl methyl sites for hydroxylation is 1. The molecule has 0 nitrogen and oxygen atoms in total. The molecule has 0 atom stereocenters. The standard InChI is InChI=1S/C9H13S/c1-8(2)3-4-9-5-6-10-7-9/h5-7H,3-4H2,1-2H3. The van der Waals surface area contributed by atoms with E-state index in [1.165, 1.54) is 24.3 Å². The zero-order valence-electron chi connectivity index (χ0n) is 6.55. The highest BCUT2D eigenvalue weighted by molar-refractivity contribution is 7.07. The van der Waals surface area contributed by atoms with Gasteiger partial charge in [-0.15, -0.1) is 0 Å². The maximum Gasteiger partial charge on any atom is -0.00613 e. The minimum Gasteiger partial charge on any atom is -0.152 e. The molecule has 0 amide bonds. The van der Waals surface area contributed by atoms with Crippen LogP contribution in [0.1, 0.15) is 25.8 Å². The van der Waals surface area contributed by atoms with E-state index in [0.717, 1.165) is 0 Å². The molecule has 0 saturated carbocycles. The van der Waals surface area contributed by atoms with Crippen LogP contribution in [-0.2, 0) is 6.42 Å². The minimum absolute atomic E-state index is 1.21. The Hall–Kier alpha value is -0.300. The van der Waals surface area contributed by atoms with Crippen molar-refractivity contribution in [3.63, 3.8) is 0 Å². The van der Waals surface area contributed by atoms with Crippen LogP contribution < -0.4 is 0 Å². The number of rotatable bonds is 3. The molecule has 10 heavy (non-hydrogen) atoms. The third-order valence-corrected chi connectivity index (χ3v) is 2.23. The highest BCUT2D eigenvalue weighted by atomic mass is 32.1. The SMILES string of the molecule is C[C](C)CCc1ccsc1. The summed E-state index contributed by atoms with van der Waals surface area (Å²) in [5, 5.41) is 4.36. The Labute approximate surface area is 66.9 Å². The fourth-order valence-corrected chi connectivity index (χ4v) is 1.53. The second kappa shape index (κ2) is 3.77. The van der Waals surface area contributed by atoms with Crippen molar-refractivity contribution in [3.05, 3.63) is 28.3 Å². The lowest BCUT2D eigenvalue weighted by atomic mass is 10.1. The second-order valence-corrected chi connectivity index (χ2v) is 3.62. The predicted octanol–water partition coefficient (Wildman–Crippen LogP) is 3.29. The average molecular weight is 153 g/mol. The van der Waals surface area contributed by atoms with Crippen molar-refractivity contribution in [2.45, 2.75) is 26.7 Å². The molecule has 55 valence electrons. The van der Waals surface area contributed by atoms with Crippen LogP contribution >= 0.6 is 11.3 Å². The fourth-order valence-electron chi connectivity index (χ4n) is 0.829. The monoisotopic (exact) mass is 153 g/mol. The van der Waals surface area contributed by atoms with E-state index in [2.05, 4.69) is 30.7 Å². The largest absolute Gasteiger partial charge is 0.152 e. The minimum atomic E-state index is 1.21. The molecular formula is C9H13S. The highest BCUT2D eigenvalue weighted by Gasteiger charge is 1.95. The third kappa shape index (κ3) is 2.53. The van der Waals surface area contributed by atoms with Crippen molar-refractivity contribution in [1.82, 2.24) is 0 Å². The topological polar surface area (TPSA) is 0 Å². The fraction of sp³-hybridized carbons (Fsp3) is 0.444. The molecule has 1 aromatic rings. The lowest BCUT2D eigenvalue weighted by Crippen LogP contribution is -1.87. The van der Waals surface area contributed by atoms with Crippen molar-refractivity contribution in [3.8, 4) is 0 Å². The summed E-state index contributed by atoms with van der Waals surface area (Å²) in [6.07, 6.45) is 2.45. The van der Waals surface area contributed by atoms with Crippen molar-refractivity contribution >= 4 is 11.3 Å². The van der Waals surface area contributed by atoms with Crippen molar-refractivity contribution < 1.29 is 0 Å². The summed E-state index contributed by atoms with van der Waals surface area (Å²) in [4.78, 5) is 0. The van der Waals surface area contributed by atoms with Crippen molar-refractivity contribution in [2.24, 2.45) is 0 Å². The molecule has 0 saturated heterocycles. The summed E-state index contributed by atoms with van der Waals surface area (Å²) < 4.78 is 0. The van der Waals surface area contributed by atoms with E-state index in [1.807, 2.05) is 0 Å². The van der Waals surface area contributed by atoms with E-state index in [0.29, 0.717) is 0 Å². The van der Waals surface area contributed by atoms with E-state index in [1.54, 1.807) is 11.3 Å². The van der Waals surface area contributed by atoms with Gasteiger partial charge in [-0.3, -0.25) is 0 Å². The van der Waals surface area contributed by atoms with Gasteiger partial charge in [0, 0.05) is 0 Å². The van der Waals surface area contributed by atoms with E-state index in [-0.39, 0.29) is 0 Å². The predicted molar refractivity (Wildman–Crippen MR) is 47.2 cm³/mol. The van der Waals surface area contributed by atoms with Crippen LogP contribution in [0.3, 0.4) is 0 Å². The van der Waals surface area contributed by atoms with Gasteiger partial charge in [0.15, 0.2) is 0 Å². The van der Waals surface area contributed by atoms with Crippen molar-refractivity contribution in [1.29, 1.82) is 0 Å². The molecule has 0 N–H and O–H groups in total. The van der Waals surface area contributed by atoms with Gasteiger partial charge in [0.1, 0.15) is 0 Å². The van der Waals surface area contributed by atoms with E-state index in [4.69, 9.17) is 0 Å². The first-order valence-electron chi connectivity index (χ1n) is 3.59. The van der Waals surface area contributed by atoms with Crippen LogP contribution in [-0.4, -0.2) is 0 Å². The van der Waals surface area contributed by atoms with Gasteiger partial charge in [0.2, 0.25) is 0 Å².